The average Bonchev–Trinajstić information content (AvgIpc) is 3.81. The first-order chi connectivity index (χ1) is 26.3. The van der Waals surface area contributed by atoms with E-state index >= 15 is 4.39 Å². The van der Waals surface area contributed by atoms with Crippen LogP contribution in [-0.2, 0) is 30.3 Å². The molecular formula is C40H45FN4O9. The number of nitrogens with zero attached hydrogens (tertiary/aromatic N) is 3. The molecule has 1 saturated heterocycles. The van der Waals surface area contributed by atoms with E-state index in [-0.39, 0.29) is 80.2 Å². The number of methoxy groups -OCH3 is 1. The van der Waals surface area contributed by atoms with Crippen LogP contribution >= 0.6 is 0 Å². The molecule has 14 heteroatoms. The van der Waals surface area contributed by atoms with Crippen LogP contribution in [0.5, 0.6) is 5.75 Å². The number of carbonyl (C=O) groups is 3. The lowest BCUT2D eigenvalue weighted by Crippen LogP contribution is -2.49. The van der Waals surface area contributed by atoms with Gasteiger partial charge in [0, 0.05) is 55.7 Å². The summed E-state index contributed by atoms with van der Waals surface area (Å²) < 4.78 is 47.1. The van der Waals surface area contributed by atoms with E-state index in [1.165, 1.54) is 19.4 Å². The Bertz CT molecular complexity index is 2080. The van der Waals surface area contributed by atoms with E-state index in [0.717, 1.165) is 18.5 Å². The monoisotopic (exact) mass is 744 g/mol. The molecule has 1 saturated carbocycles. The molecule has 286 valence electrons. The lowest BCUT2D eigenvalue weighted by atomic mass is 10.1. The van der Waals surface area contributed by atoms with Crippen LogP contribution in [-0.4, -0.2) is 99.3 Å². The molecule has 1 N–H and O–H groups in total. The Hall–Kier alpha value is -5.05. The first kappa shape index (κ1) is 37.3. The maximum atomic E-state index is 15.7. The summed E-state index contributed by atoms with van der Waals surface area (Å²) in [6, 6.07) is 14.0. The minimum atomic E-state index is -0.814. The molecule has 0 radical (unpaired) electrons. The maximum absolute atomic E-state index is 15.7. The fourth-order valence-electron chi connectivity index (χ4n) is 7.36. The summed E-state index contributed by atoms with van der Waals surface area (Å²) in [5.74, 6) is -1.99. The highest BCUT2D eigenvalue weighted by atomic mass is 19.1. The van der Waals surface area contributed by atoms with Crippen molar-refractivity contribution in [3.63, 3.8) is 0 Å². The van der Waals surface area contributed by atoms with Crippen LogP contribution < -0.4 is 20.4 Å². The Labute approximate surface area is 311 Å². The molecule has 4 aromatic rings. The summed E-state index contributed by atoms with van der Waals surface area (Å²) in [6.45, 7) is 5.09. The SMILES string of the molecule is COc1c(N2CCNC(C)C2)c(F)cc2c(=O)c(C(=O)OCCOCCOCCOC(=O)C3CCn4c(C(=O)c5ccccc5)ccc43)cn(C3CC3)c12. The van der Waals surface area contributed by atoms with Gasteiger partial charge in [-0.25, -0.2) is 9.18 Å². The first-order valence-corrected chi connectivity index (χ1v) is 18.5. The number of aromatic nitrogens is 2. The van der Waals surface area contributed by atoms with Crippen molar-refractivity contribution in [2.45, 2.75) is 50.7 Å². The number of nitrogens with one attached hydrogen (secondary N) is 1. The number of rotatable bonds is 16. The molecule has 2 unspecified atom stereocenters. The highest BCUT2D eigenvalue weighted by Gasteiger charge is 2.34. The molecule has 0 amide bonds. The van der Waals surface area contributed by atoms with Crippen molar-refractivity contribution in [1.82, 2.24) is 14.5 Å². The normalized spacial score (nSPS) is 18.1. The van der Waals surface area contributed by atoms with Crippen LogP contribution in [0.4, 0.5) is 10.1 Å². The van der Waals surface area contributed by atoms with E-state index in [4.69, 9.17) is 23.7 Å². The zero-order chi connectivity index (χ0) is 37.8. The molecule has 13 nitrogen and oxygen atoms in total. The first-order valence-electron chi connectivity index (χ1n) is 18.5. The third-order valence-corrected chi connectivity index (χ3v) is 10.1. The molecule has 2 aromatic heterocycles. The predicted molar refractivity (Wildman–Crippen MR) is 197 cm³/mol. The van der Waals surface area contributed by atoms with Crippen LogP contribution in [0.1, 0.15) is 70.2 Å². The predicted octanol–water partition coefficient (Wildman–Crippen LogP) is 4.24. The highest BCUT2D eigenvalue weighted by Crippen LogP contribution is 2.44. The molecular weight excluding hydrogens is 699 g/mol. The molecule has 7 rings (SSSR count). The van der Waals surface area contributed by atoms with Gasteiger partial charge in [0.2, 0.25) is 11.2 Å². The van der Waals surface area contributed by atoms with Crippen molar-refractivity contribution in [3.8, 4) is 5.75 Å². The van der Waals surface area contributed by atoms with Gasteiger partial charge in [0.1, 0.15) is 24.5 Å². The number of ketones is 1. The number of halogens is 1. The molecule has 1 aliphatic carbocycles. The number of pyridine rings is 1. The smallest absolute Gasteiger partial charge is 0.343 e. The van der Waals surface area contributed by atoms with Crippen molar-refractivity contribution in [2.24, 2.45) is 0 Å². The molecule has 2 aliphatic heterocycles. The molecule has 3 aliphatic rings. The number of hydrogen-bond donors (Lipinski definition) is 1. The Kier molecular flexibility index (Phi) is 11.4. The van der Waals surface area contributed by atoms with Gasteiger partial charge in [0.05, 0.1) is 56.1 Å². The lowest BCUT2D eigenvalue weighted by molar-refractivity contribution is -0.147. The van der Waals surface area contributed by atoms with Crippen LogP contribution in [0.3, 0.4) is 0 Å². The second-order valence-electron chi connectivity index (χ2n) is 13.8. The molecule has 2 atom stereocenters. The van der Waals surface area contributed by atoms with Gasteiger partial charge in [-0.1, -0.05) is 30.3 Å². The standard InChI is InChI=1S/C40H45FN4O9/c1-25-23-43(15-13-42-25)35-31(41)22-29-34(38(35)50-2)45(27-8-9-27)24-30(37(29)47)40(49)54-21-19-52-17-16-51-18-20-53-39(48)28-12-14-44-32(28)10-11-33(44)36(46)26-6-4-3-5-7-26/h3-7,10-11,22,24-25,27-28,42H,8-9,12-21,23H2,1-2H3. The van der Waals surface area contributed by atoms with Gasteiger partial charge in [-0.15, -0.1) is 0 Å². The topological polar surface area (TPSA) is 140 Å². The van der Waals surface area contributed by atoms with E-state index < -0.39 is 23.1 Å². The third kappa shape index (κ3) is 7.77. The quantitative estimate of drug-likeness (QED) is 0.100. The van der Waals surface area contributed by atoms with Gasteiger partial charge < -0.3 is 43.0 Å². The van der Waals surface area contributed by atoms with Crippen molar-refractivity contribution >= 4 is 34.3 Å². The van der Waals surface area contributed by atoms with Crippen molar-refractivity contribution in [1.29, 1.82) is 0 Å². The van der Waals surface area contributed by atoms with Crippen LogP contribution in [0.25, 0.3) is 10.9 Å². The molecule has 0 spiro atoms. The summed E-state index contributed by atoms with van der Waals surface area (Å²) in [6.07, 6.45) is 3.79. The molecule has 0 bridgehead atoms. The van der Waals surface area contributed by atoms with Crippen molar-refractivity contribution in [3.05, 3.63) is 93.3 Å². The Morgan fingerprint density at radius 1 is 0.907 bits per heavy atom. The number of hydrogen-bond acceptors (Lipinski definition) is 11. The molecule has 4 heterocycles. The zero-order valence-electron chi connectivity index (χ0n) is 30.5. The van der Waals surface area contributed by atoms with E-state index in [1.54, 1.807) is 18.2 Å². The summed E-state index contributed by atoms with van der Waals surface area (Å²) in [5, 5.41) is 3.42. The van der Waals surface area contributed by atoms with Crippen LogP contribution in [0.15, 0.2) is 59.5 Å². The minimum absolute atomic E-state index is 0.0565. The fourth-order valence-corrected chi connectivity index (χ4v) is 7.36. The second-order valence-corrected chi connectivity index (χ2v) is 13.8. The van der Waals surface area contributed by atoms with Crippen LogP contribution in [0, 0.1) is 5.82 Å². The summed E-state index contributed by atoms with van der Waals surface area (Å²) in [5.41, 5.74) is 1.92. The van der Waals surface area contributed by atoms with Gasteiger partial charge in [-0.2, -0.15) is 0 Å². The average molecular weight is 745 g/mol. The van der Waals surface area contributed by atoms with Gasteiger partial charge in [-0.05, 0) is 44.4 Å². The Morgan fingerprint density at radius 2 is 1.63 bits per heavy atom. The molecule has 2 aromatic carbocycles. The lowest BCUT2D eigenvalue weighted by Gasteiger charge is -2.35. The van der Waals surface area contributed by atoms with Gasteiger partial charge >= 0.3 is 11.9 Å². The van der Waals surface area contributed by atoms with Crippen molar-refractivity contribution in [2.75, 3.05) is 71.3 Å². The van der Waals surface area contributed by atoms with Gasteiger partial charge in [0.25, 0.3) is 0 Å². The number of carbonyl (C=O) groups excluding carboxylic acids is 3. The van der Waals surface area contributed by atoms with Crippen molar-refractivity contribution < 1.29 is 42.5 Å². The third-order valence-electron chi connectivity index (χ3n) is 10.1. The largest absolute Gasteiger partial charge is 0.492 e. The number of fused-ring (bicyclic) bond motifs is 2. The Morgan fingerprint density at radius 3 is 2.33 bits per heavy atom. The number of piperazine rings is 1. The van der Waals surface area contributed by atoms with Gasteiger partial charge in [0.15, 0.2) is 11.6 Å². The highest BCUT2D eigenvalue weighted by molar-refractivity contribution is 6.08. The number of esters is 2. The summed E-state index contributed by atoms with van der Waals surface area (Å²) in [7, 11) is 1.47. The number of benzene rings is 2. The minimum Gasteiger partial charge on any atom is -0.492 e. The van der Waals surface area contributed by atoms with Gasteiger partial charge in [-0.3, -0.25) is 14.4 Å². The summed E-state index contributed by atoms with van der Waals surface area (Å²) in [4.78, 5) is 54.3. The van der Waals surface area contributed by atoms with E-state index in [9.17, 15) is 19.2 Å². The Balaban J connectivity index is 0.852. The number of anilines is 1. The zero-order valence-corrected chi connectivity index (χ0v) is 30.5. The van der Waals surface area contributed by atoms with E-state index in [1.807, 2.05) is 45.2 Å². The maximum Gasteiger partial charge on any atom is 0.343 e. The fraction of sp³-hybridized carbons (Fsp3) is 0.450. The number of ether oxygens (including phenoxy) is 5. The molecule has 54 heavy (non-hydrogen) atoms. The van der Waals surface area contributed by atoms with E-state index in [0.29, 0.717) is 55.1 Å². The van der Waals surface area contributed by atoms with Crippen LogP contribution in [0.2, 0.25) is 0 Å². The second kappa shape index (κ2) is 16.5. The van der Waals surface area contributed by atoms with E-state index in [2.05, 4.69) is 5.32 Å². The summed E-state index contributed by atoms with van der Waals surface area (Å²) >= 11 is 0. The molecule has 2 fully saturated rings.